The Bertz CT molecular complexity index is 315. The molecule has 0 radical (unpaired) electrons. The average molecular weight is 225 g/mol. The second-order valence-electron chi connectivity index (χ2n) is 3.53. The van der Waals surface area contributed by atoms with Gasteiger partial charge in [0.25, 0.3) is 0 Å². The Kier molecular flexibility index (Phi) is 5.67. The van der Waals surface area contributed by atoms with Crippen molar-refractivity contribution in [2.45, 2.75) is 6.92 Å². The zero-order valence-corrected chi connectivity index (χ0v) is 9.82. The first-order chi connectivity index (χ1) is 7.74. The second kappa shape index (κ2) is 7.09. The number of benzene rings is 1. The molecule has 1 aromatic carbocycles. The van der Waals surface area contributed by atoms with E-state index in [1.165, 1.54) is 0 Å². The van der Waals surface area contributed by atoms with Crippen LogP contribution in [0.25, 0.3) is 0 Å². The van der Waals surface area contributed by atoms with Gasteiger partial charge < -0.3 is 19.9 Å². The van der Waals surface area contributed by atoms with E-state index in [2.05, 4.69) is 5.32 Å². The van der Waals surface area contributed by atoms with E-state index in [0.29, 0.717) is 32.1 Å². The highest BCUT2D eigenvalue weighted by Gasteiger charge is 1.97. The van der Waals surface area contributed by atoms with Crippen LogP contribution in [0.2, 0.25) is 0 Å². The lowest BCUT2D eigenvalue weighted by atomic mass is 10.2. The van der Waals surface area contributed by atoms with Crippen LogP contribution in [0, 0.1) is 6.92 Å². The van der Waals surface area contributed by atoms with Gasteiger partial charge in [-0.25, -0.2) is 0 Å². The monoisotopic (exact) mass is 225 g/mol. The standard InChI is InChI=1S/C12H19NO3/c1-10-3-4-11(9-12(10)14)13-5-6-16-8-7-15-2/h3-4,9,13-14H,5-8H2,1-2H3. The molecule has 0 spiro atoms. The van der Waals surface area contributed by atoms with Crippen molar-refractivity contribution in [1.29, 1.82) is 0 Å². The Labute approximate surface area is 96.2 Å². The zero-order chi connectivity index (χ0) is 11.8. The lowest BCUT2D eigenvalue weighted by Crippen LogP contribution is -2.11. The number of aromatic hydroxyl groups is 1. The fourth-order valence-corrected chi connectivity index (χ4v) is 1.23. The predicted octanol–water partition coefficient (Wildman–Crippen LogP) is 1.78. The van der Waals surface area contributed by atoms with Crippen molar-refractivity contribution in [1.82, 2.24) is 0 Å². The summed E-state index contributed by atoms with van der Waals surface area (Å²) in [6.07, 6.45) is 0. The van der Waals surface area contributed by atoms with E-state index in [9.17, 15) is 5.11 Å². The molecular formula is C12H19NO3. The third kappa shape index (κ3) is 4.51. The van der Waals surface area contributed by atoms with Gasteiger partial charge in [0, 0.05) is 25.4 Å². The summed E-state index contributed by atoms with van der Waals surface area (Å²) >= 11 is 0. The number of aryl methyl sites for hydroxylation is 1. The van der Waals surface area contributed by atoms with Crippen molar-refractivity contribution >= 4 is 5.69 Å². The molecule has 0 atom stereocenters. The molecule has 0 saturated carbocycles. The van der Waals surface area contributed by atoms with E-state index in [0.717, 1.165) is 11.3 Å². The van der Waals surface area contributed by atoms with Crippen LogP contribution < -0.4 is 5.32 Å². The molecule has 0 fully saturated rings. The minimum atomic E-state index is 0.310. The molecule has 0 heterocycles. The topological polar surface area (TPSA) is 50.7 Å². The molecule has 16 heavy (non-hydrogen) atoms. The lowest BCUT2D eigenvalue weighted by Gasteiger charge is -2.08. The number of phenolic OH excluding ortho intramolecular Hbond substituents is 1. The minimum Gasteiger partial charge on any atom is -0.508 e. The summed E-state index contributed by atoms with van der Waals surface area (Å²) in [5, 5.41) is 12.6. The number of anilines is 1. The number of hydrogen-bond acceptors (Lipinski definition) is 4. The Hall–Kier alpha value is -1.26. The van der Waals surface area contributed by atoms with Crippen LogP contribution in [0.4, 0.5) is 5.69 Å². The van der Waals surface area contributed by atoms with Gasteiger partial charge in [0.15, 0.2) is 0 Å². The summed E-state index contributed by atoms with van der Waals surface area (Å²) in [4.78, 5) is 0. The number of rotatable bonds is 7. The van der Waals surface area contributed by atoms with Gasteiger partial charge in [-0.3, -0.25) is 0 Å². The van der Waals surface area contributed by atoms with E-state index in [1.807, 2.05) is 19.1 Å². The zero-order valence-electron chi connectivity index (χ0n) is 9.82. The van der Waals surface area contributed by atoms with E-state index >= 15 is 0 Å². The summed E-state index contributed by atoms with van der Waals surface area (Å²) in [6, 6.07) is 5.53. The predicted molar refractivity (Wildman–Crippen MR) is 64.0 cm³/mol. The van der Waals surface area contributed by atoms with Gasteiger partial charge in [0.2, 0.25) is 0 Å². The molecule has 0 aliphatic carbocycles. The van der Waals surface area contributed by atoms with E-state index in [4.69, 9.17) is 9.47 Å². The van der Waals surface area contributed by atoms with Gasteiger partial charge in [-0.1, -0.05) is 6.07 Å². The maximum absolute atomic E-state index is 9.48. The molecule has 1 aromatic rings. The van der Waals surface area contributed by atoms with E-state index in [-0.39, 0.29) is 0 Å². The van der Waals surface area contributed by atoms with Gasteiger partial charge in [0.1, 0.15) is 5.75 Å². The third-order valence-electron chi connectivity index (χ3n) is 2.22. The van der Waals surface area contributed by atoms with Crippen molar-refractivity contribution < 1.29 is 14.6 Å². The fourth-order valence-electron chi connectivity index (χ4n) is 1.23. The summed E-state index contributed by atoms with van der Waals surface area (Å²) in [6.45, 7) is 4.43. The minimum absolute atomic E-state index is 0.310. The first-order valence-electron chi connectivity index (χ1n) is 5.34. The second-order valence-corrected chi connectivity index (χ2v) is 3.53. The van der Waals surface area contributed by atoms with Crippen molar-refractivity contribution in [3.05, 3.63) is 23.8 Å². The normalized spacial score (nSPS) is 10.4. The first-order valence-corrected chi connectivity index (χ1v) is 5.34. The highest BCUT2D eigenvalue weighted by Crippen LogP contribution is 2.20. The van der Waals surface area contributed by atoms with Crippen LogP contribution in [0.15, 0.2) is 18.2 Å². The molecule has 4 nitrogen and oxygen atoms in total. The van der Waals surface area contributed by atoms with Crippen LogP contribution in [0.3, 0.4) is 0 Å². The molecule has 1 rings (SSSR count). The molecule has 0 aromatic heterocycles. The molecule has 2 N–H and O–H groups in total. The molecule has 0 saturated heterocycles. The van der Waals surface area contributed by atoms with Crippen molar-refractivity contribution in [2.75, 3.05) is 38.8 Å². The van der Waals surface area contributed by atoms with Gasteiger partial charge in [-0.15, -0.1) is 0 Å². The smallest absolute Gasteiger partial charge is 0.120 e. The number of ether oxygens (including phenoxy) is 2. The number of phenols is 1. The molecule has 90 valence electrons. The summed E-state index contributed by atoms with van der Waals surface area (Å²) in [5.74, 6) is 0.310. The molecular weight excluding hydrogens is 206 g/mol. The average Bonchev–Trinajstić information content (AvgIpc) is 2.28. The SMILES string of the molecule is COCCOCCNc1ccc(C)c(O)c1. The molecule has 0 aliphatic heterocycles. The highest BCUT2D eigenvalue weighted by molar-refractivity contribution is 5.50. The largest absolute Gasteiger partial charge is 0.508 e. The van der Waals surface area contributed by atoms with Crippen molar-refractivity contribution in [3.8, 4) is 5.75 Å². The van der Waals surface area contributed by atoms with Crippen LogP contribution in [0.1, 0.15) is 5.56 Å². The Balaban J connectivity index is 2.19. The molecule has 0 bridgehead atoms. The van der Waals surface area contributed by atoms with E-state index in [1.54, 1.807) is 13.2 Å². The van der Waals surface area contributed by atoms with Crippen LogP contribution in [-0.2, 0) is 9.47 Å². The van der Waals surface area contributed by atoms with Crippen LogP contribution in [0.5, 0.6) is 5.75 Å². The van der Waals surface area contributed by atoms with Crippen LogP contribution in [-0.4, -0.2) is 38.6 Å². The Morgan fingerprint density at radius 2 is 2.06 bits per heavy atom. The highest BCUT2D eigenvalue weighted by atomic mass is 16.5. The Morgan fingerprint density at radius 1 is 1.25 bits per heavy atom. The number of hydrogen-bond donors (Lipinski definition) is 2. The first kappa shape index (κ1) is 12.8. The maximum atomic E-state index is 9.48. The van der Waals surface area contributed by atoms with Gasteiger partial charge in [-0.05, 0) is 18.6 Å². The molecule has 4 heteroatoms. The van der Waals surface area contributed by atoms with Crippen molar-refractivity contribution in [2.24, 2.45) is 0 Å². The number of nitrogens with one attached hydrogen (secondary N) is 1. The lowest BCUT2D eigenvalue weighted by molar-refractivity contribution is 0.0759. The van der Waals surface area contributed by atoms with Crippen molar-refractivity contribution in [3.63, 3.8) is 0 Å². The van der Waals surface area contributed by atoms with E-state index < -0.39 is 0 Å². The molecule has 0 unspecified atom stereocenters. The maximum Gasteiger partial charge on any atom is 0.120 e. The quantitative estimate of drug-likeness (QED) is 0.694. The fraction of sp³-hybridized carbons (Fsp3) is 0.500. The summed E-state index contributed by atoms with van der Waals surface area (Å²) < 4.78 is 10.2. The van der Waals surface area contributed by atoms with Crippen LogP contribution >= 0.6 is 0 Å². The molecule has 0 amide bonds. The number of methoxy groups -OCH3 is 1. The summed E-state index contributed by atoms with van der Waals surface area (Å²) in [7, 11) is 1.65. The van der Waals surface area contributed by atoms with Gasteiger partial charge in [0.05, 0.1) is 19.8 Å². The molecule has 0 aliphatic rings. The van der Waals surface area contributed by atoms with Gasteiger partial charge >= 0.3 is 0 Å². The third-order valence-corrected chi connectivity index (χ3v) is 2.22. The summed E-state index contributed by atoms with van der Waals surface area (Å²) in [5.41, 5.74) is 1.78. The van der Waals surface area contributed by atoms with Gasteiger partial charge in [-0.2, -0.15) is 0 Å². The Morgan fingerprint density at radius 3 is 2.75 bits per heavy atom.